The van der Waals surface area contributed by atoms with Crippen LogP contribution in [0.15, 0.2) is 14.7 Å². The van der Waals surface area contributed by atoms with Gasteiger partial charge in [-0.15, -0.1) is 22.7 Å². The lowest BCUT2D eigenvalue weighted by molar-refractivity contribution is -0.922. The molecule has 0 aromatic carbocycles. The number of thiophene rings is 1. The van der Waals surface area contributed by atoms with Gasteiger partial charge in [0.05, 0.1) is 13.2 Å². The van der Waals surface area contributed by atoms with Crippen LogP contribution in [-0.4, -0.2) is 41.3 Å². The zero-order valence-corrected chi connectivity index (χ0v) is 17.0. The number of rotatable bonds is 4. The number of morpholine rings is 1. The Kier molecular flexibility index (Phi) is 5.06. The van der Waals surface area contributed by atoms with Gasteiger partial charge in [-0.05, 0) is 38.1 Å². The summed E-state index contributed by atoms with van der Waals surface area (Å²) in [6.45, 7) is 10.9. The van der Waals surface area contributed by atoms with Crippen LogP contribution in [0, 0.1) is 20.8 Å². The van der Waals surface area contributed by atoms with E-state index in [1.54, 1.807) is 34.4 Å². The predicted octanol–water partition coefficient (Wildman–Crippen LogP) is 2.64. The molecule has 0 unspecified atom stereocenters. The van der Waals surface area contributed by atoms with E-state index >= 15 is 0 Å². The van der Waals surface area contributed by atoms with Crippen LogP contribution in [-0.2, 0) is 11.3 Å². The van der Waals surface area contributed by atoms with Crippen LogP contribution in [0.4, 0.5) is 0 Å². The maximum atomic E-state index is 5.46. The smallest absolute Gasteiger partial charge is 0.186 e. The Labute approximate surface area is 159 Å². The summed E-state index contributed by atoms with van der Waals surface area (Å²) in [7, 11) is 0. The van der Waals surface area contributed by atoms with Crippen molar-refractivity contribution in [3.05, 3.63) is 27.3 Å². The molecule has 8 heteroatoms. The standard InChI is InChI=1S/C17H20N4OS3/c1-10-9-23-17(18-10)25-16-14-11(2)12(3)24-15(14)19-13(20-16)8-21-4-6-22-7-5-21/h9H,4-8H2,1-3H3/p+1. The van der Waals surface area contributed by atoms with Crippen LogP contribution >= 0.6 is 34.4 Å². The minimum atomic E-state index is 0.828. The van der Waals surface area contributed by atoms with Crippen LogP contribution in [0.2, 0.25) is 0 Å². The molecule has 0 saturated carbocycles. The largest absolute Gasteiger partial charge is 0.370 e. The lowest BCUT2D eigenvalue weighted by Gasteiger charge is -2.23. The van der Waals surface area contributed by atoms with E-state index in [2.05, 4.69) is 24.2 Å². The second-order valence-electron chi connectivity index (χ2n) is 6.30. The molecule has 25 heavy (non-hydrogen) atoms. The van der Waals surface area contributed by atoms with Gasteiger partial charge in [0, 0.05) is 21.3 Å². The molecule has 4 rings (SSSR count). The van der Waals surface area contributed by atoms with Gasteiger partial charge in [-0.1, -0.05) is 0 Å². The number of quaternary nitrogens is 1. The van der Waals surface area contributed by atoms with Crippen molar-refractivity contribution in [2.45, 2.75) is 36.7 Å². The van der Waals surface area contributed by atoms with Gasteiger partial charge in [-0.2, -0.15) is 0 Å². The monoisotopic (exact) mass is 393 g/mol. The maximum Gasteiger partial charge on any atom is 0.186 e. The van der Waals surface area contributed by atoms with Crippen LogP contribution in [0.3, 0.4) is 0 Å². The summed E-state index contributed by atoms with van der Waals surface area (Å²) >= 11 is 5.12. The molecule has 1 aliphatic rings. The Bertz CT molecular complexity index is 899. The quantitative estimate of drug-likeness (QED) is 0.691. The van der Waals surface area contributed by atoms with Gasteiger partial charge in [0.15, 0.2) is 10.2 Å². The van der Waals surface area contributed by atoms with Crippen molar-refractivity contribution in [1.82, 2.24) is 15.0 Å². The molecule has 0 spiro atoms. The molecule has 0 amide bonds. The fourth-order valence-corrected chi connectivity index (χ4v) is 6.00. The molecule has 5 nitrogen and oxygen atoms in total. The van der Waals surface area contributed by atoms with E-state index in [4.69, 9.17) is 14.7 Å². The van der Waals surface area contributed by atoms with E-state index in [0.717, 1.165) is 58.6 Å². The molecule has 3 aromatic heterocycles. The number of aromatic nitrogens is 3. The van der Waals surface area contributed by atoms with Gasteiger partial charge in [-0.25, -0.2) is 15.0 Å². The number of ether oxygens (including phenoxy) is 1. The average molecular weight is 394 g/mol. The van der Waals surface area contributed by atoms with E-state index in [0.29, 0.717) is 0 Å². The first-order chi connectivity index (χ1) is 12.1. The zero-order valence-electron chi connectivity index (χ0n) is 14.6. The molecule has 1 fully saturated rings. The van der Waals surface area contributed by atoms with Crippen molar-refractivity contribution >= 4 is 44.7 Å². The van der Waals surface area contributed by atoms with Gasteiger partial charge < -0.3 is 9.64 Å². The van der Waals surface area contributed by atoms with Gasteiger partial charge in [0.25, 0.3) is 0 Å². The highest BCUT2D eigenvalue weighted by molar-refractivity contribution is 8.01. The minimum absolute atomic E-state index is 0.828. The van der Waals surface area contributed by atoms with E-state index in [1.807, 2.05) is 6.92 Å². The Balaban J connectivity index is 1.72. The normalized spacial score (nSPS) is 16.0. The van der Waals surface area contributed by atoms with Gasteiger partial charge in [-0.3, -0.25) is 0 Å². The average Bonchev–Trinajstić information content (AvgIpc) is 3.12. The third-order valence-corrected chi connectivity index (χ3v) is 7.58. The SMILES string of the molecule is Cc1csc(Sc2nc(C[NH+]3CCOCC3)nc3sc(C)c(C)c23)n1. The van der Waals surface area contributed by atoms with Crippen LogP contribution in [0.1, 0.15) is 22.0 Å². The van der Waals surface area contributed by atoms with E-state index in [9.17, 15) is 0 Å². The lowest BCUT2D eigenvalue weighted by atomic mass is 10.2. The maximum absolute atomic E-state index is 5.46. The number of hydrogen-bond acceptors (Lipinski definition) is 7. The van der Waals surface area contributed by atoms with Crippen molar-refractivity contribution in [1.29, 1.82) is 0 Å². The minimum Gasteiger partial charge on any atom is -0.370 e. The van der Waals surface area contributed by atoms with Crippen molar-refractivity contribution in [2.24, 2.45) is 0 Å². The highest BCUT2D eigenvalue weighted by Crippen LogP contribution is 2.38. The molecule has 1 saturated heterocycles. The molecule has 0 radical (unpaired) electrons. The molecule has 0 aliphatic carbocycles. The summed E-state index contributed by atoms with van der Waals surface area (Å²) in [6.07, 6.45) is 0. The van der Waals surface area contributed by atoms with Gasteiger partial charge >= 0.3 is 0 Å². The Hall–Kier alpha value is -1.06. The second-order valence-corrected chi connectivity index (χ2v) is 9.60. The lowest BCUT2D eigenvalue weighted by Crippen LogP contribution is -3.12. The number of hydrogen-bond donors (Lipinski definition) is 1. The topological polar surface area (TPSA) is 52.3 Å². The highest BCUT2D eigenvalue weighted by atomic mass is 32.2. The third kappa shape index (κ3) is 3.73. The molecular formula is C17H21N4OS3+. The van der Waals surface area contributed by atoms with Gasteiger partial charge in [0.2, 0.25) is 0 Å². The molecule has 4 heterocycles. The van der Waals surface area contributed by atoms with Crippen molar-refractivity contribution in [3.63, 3.8) is 0 Å². The molecule has 3 aromatic rings. The molecule has 1 aliphatic heterocycles. The Morgan fingerprint density at radius 3 is 2.68 bits per heavy atom. The Morgan fingerprint density at radius 2 is 1.96 bits per heavy atom. The van der Waals surface area contributed by atoms with E-state index in [1.165, 1.54) is 20.7 Å². The molecule has 0 atom stereocenters. The first-order valence-electron chi connectivity index (χ1n) is 8.38. The van der Waals surface area contributed by atoms with Crippen LogP contribution in [0.5, 0.6) is 0 Å². The van der Waals surface area contributed by atoms with E-state index in [-0.39, 0.29) is 0 Å². The second kappa shape index (κ2) is 7.28. The summed E-state index contributed by atoms with van der Waals surface area (Å²) in [5.41, 5.74) is 2.36. The predicted molar refractivity (Wildman–Crippen MR) is 103 cm³/mol. The number of thiazole rings is 1. The van der Waals surface area contributed by atoms with Crippen LogP contribution in [0.25, 0.3) is 10.2 Å². The summed E-state index contributed by atoms with van der Waals surface area (Å²) in [6, 6.07) is 0. The third-order valence-electron chi connectivity index (χ3n) is 4.43. The first-order valence-corrected chi connectivity index (χ1v) is 10.9. The zero-order chi connectivity index (χ0) is 17.4. The molecule has 0 bridgehead atoms. The fraction of sp³-hybridized carbons (Fsp3) is 0.471. The summed E-state index contributed by atoms with van der Waals surface area (Å²) in [5.74, 6) is 0.932. The van der Waals surface area contributed by atoms with Crippen molar-refractivity contribution in [3.8, 4) is 0 Å². The molecule has 132 valence electrons. The summed E-state index contributed by atoms with van der Waals surface area (Å²) < 4.78 is 6.51. The number of nitrogens with one attached hydrogen (secondary N) is 1. The number of fused-ring (bicyclic) bond motifs is 1. The van der Waals surface area contributed by atoms with Crippen LogP contribution < -0.4 is 4.90 Å². The number of nitrogens with zero attached hydrogens (tertiary/aromatic N) is 3. The highest BCUT2D eigenvalue weighted by Gasteiger charge is 2.20. The van der Waals surface area contributed by atoms with Crippen molar-refractivity contribution < 1.29 is 9.64 Å². The first kappa shape index (κ1) is 17.4. The van der Waals surface area contributed by atoms with Gasteiger partial charge in [0.1, 0.15) is 29.5 Å². The summed E-state index contributed by atoms with van der Waals surface area (Å²) in [4.78, 5) is 18.3. The Morgan fingerprint density at radius 1 is 1.16 bits per heavy atom. The fourth-order valence-electron chi connectivity index (χ4n) is 2.93. The van der Waals surface area contributed by atoms with E-state index < -0.39 is 0 Å². The number of aryl methyl sites for hydroxylation is 3. The molecule has 1 N–H and O–H groups in total. The summed E-state index contributed by atoms with van der Waals surface area (Å²) in [5, 5.41) is 4.33. The van der Waals surface area contributed by atoms with Crippen molar-refractivity contribution in [2.75, 3.05) is 26.3 Å². The molecular weight excluding hydrogens is 372 g/mol.